The van der Waals surface area contributed by atoms with E-state index < -0.39 is 0 Å². The van der Waals surface area contributed by atoms with Crippen LogP contribution in [0.4, 0.5) is 5.82 Å². The number of hydrogen-bond donors (Lipinski definition) is 0. The van der Waals surface area contributed by atoms with Crippen molar-refractivity contribution in [2.24, 2.45) is 0 Å². The molecule has 0 unspecified atom stereocenters. The van der Waals surface area contributed by atoms with Crippen molar-refractivity contribution in [3.05, 3.63) is 40.2 Å². The van der Waals surface area contributed by atoms with Gasteiger partial charge in [-0.05, 0) is 30.5 Å². The number of rotatable bonds is 2. The van der Waals surface area contributed by atoms with Crippen molar-refractivity contribution in [3.63, 3.8) is 0 Å². The van der Waals surface area contributed by atoms with Gasteiger partial charge in [0.2, 0.25) is 0 Å². The van der Waals surface area contributed by atoms with Gasteiger partial charge in [0.05, 0.1) is 11.3 Å². The first-order valence-electron chi connectivity index (χ1n) is 6.61. The third-order valence-corrected chi connectivity index (χ3v) is 4.13. The van der Waals surface area contributed by atoms with Gasteiger partial charge in [0, 0.05) is 31.6 Å². The first kappa shape index (κ1) is 13.1. The fraction of sp³-hybridized carbons (Fsp3) is 0.357. The highest BCUT2D eigenvalue weighted by atomic mass is 32.1. The molecule has 0 radical (unpaired) electrons. The van der Waals surface area contributed by atoms with Gasteiger partial charge in [-0.3, -0.25) is 4.79 Å². The summed E-state index contributed by atoms with van der Waals surface area (Å²) in [7, 11) is 0. The zero-order valence-corrected chi connectivity index (χ0v) is 12.1. The summed E-state index contributed by atoms with van der Waals surface area (Å²) in [6.45, 7) is 4.98. The molecule has 0 aromatic carbocycles. The summed E-state index contributed by atoms with van der Waals surface area (Å²) in [6.07, 6.45) is 0. The van der Waals surface area contributed by atoms with E-state index in [0.29, 0.717) is 0 Å². The molecule has 0 atom stereocenters. The van der Waals surface area contributed by atoms with Crippen LogP contribution in [0.2, 0.25) is 0 Å². The Morgan fingerprint density at radius 2 is 1.95 bits per heavy atom. The zero-order chi connectivity index (χ0) is 13.9. The van der Waals surface area contributed by atoms with Crippen molar-refractivity contribution >= 4 is 23.1 Å². The average Bonchev–Trinajstić information content (AvgIpc) is 3.02. The maximum absolute atomic E-state index is 12.2. The first-order valence-corrected chi connectivity index (χ1v) is 7.55. The molecule has 2 aromatic rings. The number of thiophene rings is 1. The quantitative estimate of drug-likeness (QED) is 0.845. The van der Waals surface area contributed by atoms with E-state index in [1.165, 1.54) is 0 Å². The van der Waals surface area contributed by atoms with E-state index in [9.17, 15) is 4.79 Å². The van der Waals surface area contributed by atoms with Crippen LogP contribution in [-0.2, 0) is 0 Å². The zero-order valence-electron chi connectivity index (χ0n) is 11.3. The average molecular weight is 288 g/mol. The van der Waals surface area contributed by atoms with Crippen LogP contribution in [0.25, 0.3) is 0 Å². The van der Waals surface area contributed by atoms with Crippen molar-refractivity contribution in [2.75, 3.05) is 31.1 Å². The molecule has 0 aliphatic carbocycles. The molecule has 0 N–H and O–H groups in total. The normalized spacial score (nSPS) is 15.4. The Morgan fingerprint density at radius 1 is 1.15 bits per heavy atom. The van der Waals surface area contributed by atoms with Crippen LogP contribution in [-0.4, -0.2) is 47.2 Å². The smallest absolute Gasteiger partial charge is 0.254 e. The molecule has 3 rings (SSSR count). The number of anilines is 1. The standard InChI is InChI=1S/C14H16N4OS/c1-11-2-3-13(16-15-11)17-5-7-18(8-6-17)14(19)12-4-9-20-10-12/h2-4,9-10H,5-8H2,1H3. The van der Waals surface area contributed by atoms with Gasteiger partial charge in [-0.2, -0.15) is 16.4 Å². The monoisotopic (exact) mass is 288 g/mol. The van der Waals surface area contributed by atoms with Gasteiger partial charge in [0.25, 0.3) is 5.91 Å². The minimum absolute atomic E-state index is 0.126. The van der Waals surface area contributed by atoms with Gasteiger partial charge >= 0.3 is 0 Å². The molecular weight excluding hydrogens is 272 g/mol. The van der Waals surface area contributed by atoms with Gasteiger partial charge in [0.1, 0.15) is 0 Å². The Morgan fingerprint density at radius 3 is 2.55 bits per heavy atom. The lowest BCUT2D eigenvalue weighted by Crippen LogP contribution is -2.49. The molecule has 1 fully saturated rings. The van der Waals surface area contributed by atoms with E-state index in [1.54, 1.807) is 11.3 Å². The second kappa shape index (κ2) is 5.58. The summed E-state index contributed by atoms with van der Waals surface area (Å²) in [5.41, 5.74) is 1.71. The molecule has 2 aromatic heterocycles. The van der Waals surface area contributed by atoms with Crippen LogP contribution < -0.4 is 4.90 Å². The SMILES string of the molecule is Cc1ccc(N2CCN(C(=O)c3ccsc3)CC2)nn1. The molecule has 0 saturated carbocycles. The van der Waals surface area contributed by atoms with E-state index in [2.05, 4.69) is 15.1 Å². The van der Waals surface area contributed by atoms with E-state index in [-0.39, 0.29) is 5.91 Å². The van der Waals surface area contributed by atoms with Crippen LogP contribution in [0.15, 0.2) is 29.0 Å². The number of piperazine rings is 1. The van der Waals surface area contributed by atoms with Crippen molar-refractivity contribution in [1.29, 1.82) is 0 Å². The van der Waals surface area contributed by atoms with Crippen molar-refractivity contribution in [2.45, 2.75) is 6.92 Å². The van der Waals surface area contributed by atoms with Crippen LogP contribution in [0.5, 0.6) is 0 Å². The number of aryl methyl sites for hydroxylation is 1. The summed E-state index contributed by atoms with van der Waals surface area (Å²) in [6, 6.07) is 5.83. The summed E-state index contributed by atoms with van der Waals surface area (Å²) in [5.74, 6) is 1.01. The predicted octanol–water partition coefficient (Wildman–Crippen LogP) is 1.81. The Bertz CT molecular complexity index is 574. The van der Waals surface area contributed by atoms with Crippen LogP contribution >= 0.6 is 11.3 Å². The third-order valence-electron chi connectivity index (χ3n) is 3.44. The van der Waals surface area contributed by atoms with E-state index in [0.717, 1.165) is 43.3 Å². The molecule has 3 heterocycles. The van der Waals surface area contributed by atoms with Crippen molar-refractivity contribution in [1.82, 2.24) is 15.1 Å². The fourth-order valence-electron chi connectivity index (χ4n) is 2.27. The molecule has 1 aliphatic heterocycles. The summed E-state index contributed by atoms with van der Waals surface area (Å²) >= 11 is 1.55. The molecule has 104 valence electrons. The van der Waals surface area contributed by atoms with Crippen LogP contribution in [0.3, 0.4) is 0 Å². The van der Waals surface area contributed by atoms with Crippen LogP contribution in [0.1, 0.15) is 16.1 Å². The number of hydrogen-bond acceptors (Lipinski definition) is 5. The predicted molar refractivity (Wildman–Crippen MR) is 79.2 cm³/mol. The molecular formula is C14H16N4OS. The van der Waals surface area contributed by atoms with Gasteiger partial charge in [-0.25, -0.2) is 0 Å². The minimum Gasteiger partial charge on any atom is -0.352 e. The molecule has 0 bridgehead atoms. The van der Waals surface area contributed by atoms with Gasteiger partial charge in [-0.1, -0.05) is 0 Å². The Kier molecular flexibility index (Phi) is 3.64. The number of amides is 1. The summed E-state index contributed by atoms with van der Waals surface area (Å²) < 4.78 is 0. The first-order chi connectivity index (χ1) is 9.74. The van der Waals surface area contributed by atoms with E-state index >= 15 is 0 Å². The Hall–Kier alpha value is -1.95. The number of carbonyl (C=O) groups excluding carboxylic acids is 1. The molecule has 6 heteroatoms. The maximum atomic E-state index is 12.2. The number of aromatic nitrogens is 2. The molecule has 1 amide bonds. The van der Waals surface area contributed by atoms with E-state index in [4.69, 9.17) is 0 Å². The molecule has 5 nitrogen and oxygen atoms in total. The summed E-state index contributed by atoms with van der Waals surface area (Å²) in [4.78, 5) is 16.3. The molecule has 0 spiro atoms. The van der Waals surface area contributed by atoms with Gasteiger partial charge < -0.3 is 9.80 Å². The largest absolute Gasteiger partial charge is 0.352 e. The number of carbonyl (C=O) groups is 1. The molecule has 20 heavy (non-hydrogen) atoms. The molecule has 1 aliphatic rings. The minimum atomic E-state index is 0.126. The van der Waals surface area contributed by atoms with Gasteiger partial charge in [0.15, 0.2) is 5.82 Å². The lowest BCUT2D eigenvalue weighted by molar-refractivity contribution is 0.0747. The highest BCUT2D eigenvalue weighted by Gasteiger charge is 2.23. The Balaban J connectivity index is 1.62. The van der Waals surface area contributed by atoms with Crippen molar-refractivity contribution < 1.29 is 4.79 Å². The molecule has 1 saturated heterocycles. The lowest BCUT2D eigenvalue weighted by atomic mass is 10.2. The van der Waals surface area contributed by atoms with E-state index in [1.807, 2.05) is 40.8 Å². The second-order valence-electron chi connectivity index (χ2n) is 4.82. The highest BCUT2D eigenvalue weighted by molar-refractivity contribution is 7.08. The Labute approximate surface area is 121 Å². The lowest BCUT2D eigenvalue weighted by Gasteiger charge is -2.35. The fourth-order valence-corrected chi connectivity index (χ4v) is 2.90. The second-order valence-corrected chi connectivity index (χ2v) is 5.60. The summed E-state index contributed by atoms with van der Waals surface area (Å²) in [5, 5.41) is 12.1. The maximum Gasteiger partial charge on any atom is 0.254 e. The van der Waals surface area contributed by atoms with Gasteiger partial charge in [-0.15, -0.1) is 5.10 Å². The van der Waals surface area contributed by atoms with Crippen LogP contribution in [0, 0.1) is 6.92 Å². The third kappa shape index (κ3) is 2.65. The highest BCUT2D eigenvalue weighted by Crippen LogP contribution is 2.15. The van der Waals surface area contributed by atoms with Crippen molar-refractivity contribution in [3.8, 4) is 0 Å². The number of nitrogens with zero attached hydrogens (tertiary/aromatic N) is 4. The topological polar surface area (TPSA) is 49.3 Å².